The molecule has 2 fully saturated rings. The predicted octanol–water partition coefficient (Wildman–Crippen LogP) is -5.82. The molecule has 11 atom stereocenters. The molecule has 2 aliphatic heterocycles. The van der Waals surface area contributed by atoms with Crippen molar-refractivity contribution in [2.24, 2.45) is 0 Å². The highest BCUT2D eigenvalue weighted by atomic mass is 31.2. The number of carboxylic acid groups (broad SMARTS) is 1. The van der Waals surface area contributed by atoms with Crippen LogP contribution in [0, 0.1) is 0 Å². The van der Waals surface area contributed by atoms with Crippen LogP contribution in [0.15, 0.2) is 17.1 Å². The molecular weight excluding hydrogens is 555 g/mol. The number of nitrogens with zero attached hydrogens (tertiary/aromatic N) is 2. The zero-order chi connectivity index (χ0) is 29.3. The standard InChI is InChI=1S/C19H31N4O15P/c1-21-11-7(25)4-19(17(30)31,37-15(11)12(27)8(26)5-24)38-39(33,34)35-6-9-13(28)14(29)16(36-9)23-3-2-10(20)22-18(23)32/h2-3,7-9,11-16,21,24-29H,4-6H2,1H3,(H,30,31)(H,33,34)(H2,20,22,32)/p-1. The number of nitrogens with two attached hydrogens (primary N) is 1. The molecule has 0 bridgehead atoms. The number of hydrogen-bond acceptors (Lipinski definition) is 17. The minimum absolute atomic E-state index is 0.127. The van der Waals surface area contributed by atoms with Gasteiger partial charge in [-0.25, -0.2) is 9.59 Å². The lowest BCUT2D eigenvalue weighted by Crippen LogP contribution is -2.66. The normalized spacial score (nSPS) is 36.3. The quantitative estimate of drug-likeness (QED) is 0.109. The maximum Gasteiger partial charge on any atom is 0.364 e. The summed E-state index contributed by atoms with van der Waals surface area (Å²) in [6.45, 7) is -2.01. The largest absolute Gasteiger partial charge is 0.756 e. The molecule has 20 heteroatoms. The third kappa shape index (κ3) is 6.63. The van der Waals surface area contributed by atoms with Gasteiger partial charge in [-0.3, -0.25) is 13.7 Å². The molecule has 39 heavy (non-hydrogen) atoms. The van der Waals surface area contributed by atoms with Gasteiger partial charge in [0.2, 0.25) is 0 Å². The van der Waals surface area contributed by atoms with Crippen LogP contribution >= 0.6 is 7.82 Å². The van der Waals surface area contributed by atoms with Crippen molar-refractivity contribution < 1.29 is 68.5 Å². The van der Waals surface area contributed by atoms with E-state index in [9.17, 15) is 49.7 Å². The minimum atomic E-state index is -5.68. The van der Waals surface area contributed by atoms with Gasteiger partial charge in [-0.15, -0.1) is 0 Å². The van der Waals surface area contributed by atoms with Gasteiger partial charge in [0.15, 0.2) is 6.23 Å². The molecule has 1 aromatic rings. The Labute approximate surface area is 219 Å². The van der Waals surface area contributed by atoms with E-state index in [-0.39, 0.29) is 5.82 Å². The number of phosphoric ester groups is 1. The average molecular weight is 585 g/mol. The van der Waals surface area contributed by atoms with Crippen molar-refractivity contribution >= 4 is 19.6 Å². The number of aliphatic hydroxyl groups excluding tert-OH is 6. The van der Waals surface area contributed by atoms with Crippen LogP contribution in [0.3, 0.4) is 0 Å². The summed E-state index contributed by atoms with van der Waals surface area (Å²) in [5.74, 6) is -5.32. The van der Waals surface area contributed by atoms with Crippen molar-refractivity contribution in [2.75, 3.05) is 26.0 Å². The molecule has 222 valence electrons. The lowest BCUT2D eigenvalue weighted by Gasteiger charge is -2.47. The van der Waals surface area contributed by atoms with E-state index in [4.69, 9.17) is 20.3 Å². The molecule has 2 aliphatic rings. The number of rotatable bonds is 11. The third-order valence-corrected chi connectivity index (χ3v) is 7.25. The van der Waals surface area contributed by atoms with Gasteiger partial charge in [0, 0.05) is 12.6 Å². The molecule has 11 unspecified atom stereocenters. The minimum Gasteiger partial charge on any atom is -0.756 e. The van der Waals surface area contributed by atoms with Crippen molar-refractivity contribution in [3.05, 3.63) is 22.7 Å². The number of carbonyl (C=O) groups is 1. The van der Waals surface area contributed by atoms with Gasteiger partial charge in [0.25, 0.3) is 13.6 Å². The Morgan fingerprint density at radius 1 is 1.38 bits per heavy atom. The van der Waals surface area contributed by atoms with Crippen LogP contribution in [0.25, 0.3) is 0 Å². The van der Waals surface area contributed by atoms with Gasteiger partial charge in [-0.05, 0) is 13.1 Å². The number of aromatic nitrogens is 2. The summed E-state index contributed by atoms with van der Waals surface area (Å²) in [6.07, 6.45) is -13.8. The summed E-state index contributed by atoms with van der Waals surface area (Å²) in [5.41, 5.74) is 4.47. The van der Waals surface area contributed by atoms with Gasteiger partial charge in [0.1, 0.15) is 42.4 Å². The molecule has 3 heterocycles. The highest BCUT2D eigenvalue weighted by Crippen LogP contribution is 2.48. The molecule has 0 amide bonds. The van der Waals surface area contributed by atoms with E-state index in [2.05, 4.69) is 19.3 Å². The lowest BCUT2D eigenvalue weighted by molar-refractivity contribution is -0.313. The topological polar surface area (TPSA) is 309 Å². The SMILES string of the molecule is CNC1C(O)CC(OP(=O)([O-])OCC2OC(n3ccc(N)nc3=O)C(O)C2O)(C(=O)O)OC1C(O)C(O)CO. The first kappa shape index (κ1) is 31.4. The Kier molecular flexibility index (Phi) is 9.82. The number of ether oxygens (including phenoxy) is 2. The van der Waals surface area contributed by atoms with Crippen molar-refractivity contribution in [2.45, 2.75) is 67.2 Å². The molecule has 1 aromatic heterocycles. The summed E-state index contributed by atoms with van der Waals surface area (Å²) in [6, 6.07) is -0.0180. The van der Waals surface area contributed by atoms with E-state index < -0.39 is 99.9 Å². The van der Waals surface area contributed by atoms with Crippen molar-refractivity contribution in [1.82, 2.24) is 14.9 Å². The molecular formula is C19H30N4O15P-. The molecule has 3 rings (SSSR count). The number of phosphoric acid groups is 1. The van der Waals surface area contributed by atoms with E-state index >= 15 is 0 Å². The molecule has 19 nitrogen and oxygen atoms in total. The first-order chi connectivity index (χ1) is 18.2. The van der Waals surface area contributed by atoms with Gasteiger partial charge in [-0.2, -0.15) is 4.98 Å². The Bertz CT molecular complexity index is 1120. The van der Waals surface area contributed by atoms with Gasteiger partial charge >= 0.3 is 11.7 Å². The second-order valence-electron chi connectivity index (χ2n) is 8.89. The average Bonchev–Trinajstić information content (AvgIpc) is 3.14. The fraction of sp³-hybridized carbons (Fsp3) is 0.737. The Morgan fingerprint density at radius 2 is 2.05 bits per heavy atom. The highest BCUT2D eigenvalue weighted by Gasteiger charge is 2.57. The molecule has 0 aliphatic carbocycles. The second-order valence-corrected chi connectivity index (χ2v) is 10.2. The first-order valence-corrected chi connectivity index (χ1v) is 12.9. The Morgan fingerprint density at radius 3 is 2.62 bits per heavy atom. The van der Waals surface area contributed by atoms with E-state index in [0.29, 0.717) is 0 Å². The van der Waals surface area contributed by atoms with Gasteiger partial charge in [0.05, 0.1) is 25.4 Å². The number of anilines is 1. The third-order valence-electron chi connectivity index (χ3n) is 6.27. The fourth-order valence-corrected chi connectivity index (χ4v) is 5.19. The van der Waals surface area contributed by atoms with E-state index in [1.807, 2.05) is 0 Å². The summed E-state index contributed by atoms with van der Waals surface area (Å²) >= 11 is 0. The summed E-state index contributed by atoms with van der Waals surface area (Å²) in [5, 5.41) is 72.6. The van der Waals surface area contributed by atoms with Crippen LogP contribution < -0.4 is 21.6 Å². The predicted molar refractivity (Wildman–Crippen MR) is 121 cm³/mol. The van der Waals surface area contributed by atoms with Crippen LogP contribution in [-0.4, -0.2) is 126 Å². The second kappa shape index (κ2) is 12.2. The van der Waals surface area contributed by atoms with Crippen molar-refractivity contribution in [3.8, 4) is 0 Å². The summed E-state index contributed by atoms with van der Waals surface area (Å²) < 4.78 is 33.4. The smallest absolute Gasteiger partial charge is 0.364 e. The van der Waals surface area contributed by atoms with Crippen LogP contribution in [0.1, 0.15) is 12.6 Å². The van der Waals surface area contributed by atoms with Gasteiger partial charge in [-0.1, -0.05) is 0 Å². The number of hydrogen-bond donors (Lipinski definition) is 9. The number of carboxylic acids is 1. The van der Waals surface area contributed by atoms with Crippen molar-refractivity contribution in [3.63, 3.8) is 0 Å². The summed E-state index contributed by atoms with van der Waals surface area (Å²) in [4.78, 5) is 40.2. The van der Waals surface area contributed by atoms with Crippen molar-refractivity contribution in [1.29, 1.82) is 0 Å². The van der Waals surface area contributed by atoms with Crippen LogP contribution in [-0.2, 0) is 27.9 Å². The molecule has 0 saturated carbocycles. The number of aliphatic hydroxyl groups is 6. The number of nitrogens with one attached hydrogen (secondary N) is 1. The molecule has 0 radical (unpaired) electrons. The van der Waals surface area contributed by atoms with E-state index in [0.717, 1.165) is 10.8 Å². The fourth-order valence-electron chi connectivity index (χ4n) is 4.25. The monoisotopic (exact) mass is 585 g/mol. The zero-order valence-corrected chi connectivity index (χ0v) is 21.2. The Hall–Kier alpha value is -2.10. The maximum atomic E-state index is 12.6. The molecule has 0 aromatic carbocycles. The number of aliphatic carboxylic acids is 1. The number of nitrogen functional groups attached to an aromatic ring is 1. The molecule has 10 N–H and O–H groups in total. The number of likely N-dealkylation sites (N-methyl/N-ethyl adjacent to an activating group) is 1. The van der Waals surface area contributed by atoms with Crippen LogP contribution in [0.2, 0.25) is 0 Å². The summed E-state index contributed by atoms with van der Waals surface area (Å²) in [7, 11) is -4.37. The maximum absolute atomic E-state index is 12.6. The molecule has 2 saturated heterocycles. The highest BCUT2D eigenvalue weighted by molar-refractivity contribution is 7.45. The zero-order valence-electron chi connectivity index (χ0n) is 20.3. The first-order valence-electron chi connectivity index (χ1n) is 11.4. The van der Waals surface area contributed by atoms with Crippen LogP contribution in [0.5, 0.6) is 0 Å². The van der Waals surface area contributed by atoms with Gasteiger partial charge < -0.3 is 65.7 Å². The Balaban J connectivity index is 1.76. The lowest BCUT2D eigenvalue weighted by atomic mass is 9.89. The van der Waals surface area contributed by atoms with E-state index in [1.54, 1.807) is 0 Å². The molecule has 0 spiro atoms. The van der Waals surface area contributed by atoms with E-state index in [1.165, 1.54) is 13.1 Å². The van der Waals surface area contributed by atoms with Crippen LogP contribution in [0.4, 0.5) is 5.82 Å².